The Morgan fingerprint density at radius 2 is 2.29 bits per heavy atom. The molecule has 0 radical (unpaired) electrons. The topological polar surface area (TPSA) is 95.7 Å². The summed E-state index contributed by atoms with van der Waals surface area (Å²) >= 11 is 1.63. The van der Waals surface area contributed by atoms with E-state index in [4.69, 9.17) is 10.3 Å². The monoisotopic (exact) mass is 298 g/mol. The molecule has 0 saturated carbocycles. The number of nitrogens with two attached hydrogens (primary N) is 1. The molecule has 4 aromatic rings. The molecule has 0 aliphatic heterocycles. The summed E-state index contributed by atoms with van der Waals surface area (Å²) in [4.78, 5) is 8.73. The van der Waals surface area contributed by atoms with Gasteiger partial charge in [-0.3, -0.25) is 9.67 Å². The molecule has 0 spiro atoms. The number of pyridine rings is 1. The molecule has 4 heterocycles. The van der Waals surface area contributed by atoms with Crippen LogP contribution in [-0.2, 0) is 6.54 Å². The standard InChI is InChI=1S/C13H10N6OS/c14-9-5-16-19(6-9)7-12-17-13(18-20-12)8-3-11-10(15-4-8)1-2-21-11/h1-6H,7,14H2. The van der Waals surface area contributed by atoms with Crippen LogP contribution >= 0.6 is 11.3 Å². The fourth-order valence-electron chi connectivity index (χ4n) is 2.01. The summed E-state index contributed by atoms with van der Waals surface area (Å²) < 4.78 is 7.98. The molecule has 21 heavy (non-hydrogen) atoms. The molecule has 104 valence electrons. The van der Waals surface area contributed by atoms with Crippen molar-refractivity contribution >= 4 is 27.2 Å². The molecule has 2 N–H and O–H groups in total. The average Bonchev–Trinajstić information content (AvgIpc) is 3.19. The van der Waals surface area contributed by atoms with Crippen molar-refractivity contribution < 1.29 is 4.52 Å². The number of nitrogens with zero attached hydrogens (tertiary/aromatic N) is 5. The predicted molar refractivity (Wildman–Crippen MR) is 78.7 cm³/mol. The molecular weight excluding hydrogens is 288 g/mol. The van der Waals surface area contributed by atoms with Gasteiger partial charge in [0.25, 0.3) is 0 Å². The summed E-state index contributed by atoms with van der Waals surface area (Å²) in [5.74, 6) is 0.993. The molecule has 0 atom stereocenters. The number of anilines is 1. The quantitative estimate of drug-likeness (QED) is 0.622. The normalized spacial score (nSPS) is 11.2. The molecule has 0 fully saturated rings. The zero-order valence-electron chi connectivity index (χ0n) is 10.8. The zero-order valence-corrected chi connectivity index (χ0v) is 11.6. The van der Waals surface area contributed by atoms with Gasteiger partial charge in [0.05, 0.1) is 22.1 Å². The number of hydrogen-bond acceptors (Lipinski definition) is 7. The van der Waals surface area contributed by atoms with Crippen LogP contribution in [0.1, 0.15) is 5.89 Å². The first-order chi connectivity index (χ1) is 10.3. The minimum atomic E-state index is 0.388. The lowest BCUT2D eigenvalue weighted by molar-refractivity contribution is 0.366. The van der Waals surface area contributed by atoms with Gasteiger partial charge < -0.3 is 10.3 Å². The Labute approximate surface area is 123 Å². The summed E-state index contributed by atoms with van der Waals surface area (Å²) in [6.45, 7) is 0.388. The fraction of sp³-hybridized carbons (Fsp3) is 0.0769. The Balaban J connectivity index is 1.63. The molecule has 0 aromatic carbocycles. The highest BCUT2D eigenvalue weighted by Crippen LogP contribution is 2.24. The van der Waals surface area contributed by atoms with E-state index in [1.54, 1.807) is 34.6 Å². The maximum Gasteiger partial charge on any atom is 0.248 e. The van der Waals surface area contributed by atoms with Gasteiger partial charge >= 0.3 is 0 Å². The molecule has 0 bridgehead atoms. The van der Waals surface area contributed by atoms with Crippen molar-refractivity contribution in [1.82, 2.24) is 24.9 Å². The second kappa shape index (κ2) is 4.67. The molecule has 4 aromatic heterocycles. The van der Waals surface area contributed by atoms with Crippen molar-refractivity contribution in [2.45, 2.75) is 6.54 Å². The van der Waals surface area contributed by atoms with Crippen molar-refractivity contribution in [3.8, 4) is 11.4 Å². The van der Waals surface area contributed by atoms with E-state index in [1.807, 2.05) is 17.5 Å². The Kier molecular flexibility index (Phi) is 2.68. The summed E-state index contributed by atoms with van der Waals surface area (Å²) in [6, 6.07) is 3.99. The van der Waals surface area contributed by atoms with Crippen LogP contribution in [0.4, 0.5) is 5.69 Å². The Morgan fingerprint density at radius 1 is 1.33 bits per heavy atom. The first kappa shape index (κ1) is 12.0. The third kappa shape index (κ3) is 2.25. The smallest absolute Gasteiger partial charge is 0.248 e. The maximum absolute atomic E-state index is 5.61. The van der Waals surface area contributed by atoms with Gasteiger partial charge in [0, 0.05) is 18.0 Å². The van der Waals surface area contributed by atoms with Crippen LogP contribution in [0.25, 0.3) is 21.6 Å². The maximum atomic E-state index is 5.61. The van der Waals surface area contributed by atoms with E-state index in [-0.39, 0.29) is 0 Å². The van der Waals surface area contributed by atoms with E-state index in [0.717, 1.165) is 15.8 Å². The molecule has 0 aliphatic carbocycles. The zero-order chi connectivity index (χ0) is 14.2. The van der Waals surface area contributed by atoms with Crippen molar-refractivity contribution in [3.63, 3.8) is 0 Å². The summed E-state index contributed by atoms with van der Waals surface area (Å²) in [7, 11) is 0. The molecule has 0 saturated heterocycles. The average molecular weight is 298 g/mol. The number of rotatable bonds is 3. The molecule has 7 nitrogen and oxygen atoms in total. The second-order valence-corrected chi connectivity index (χ2v) is 5.46. The van der Waals surface area contributed by atoms with Gasteiger partial charge in [0.2, 0.25) is 11.7 Å². The highest BCUT2D eigenvalue weighted by Gasteiger charge is 2.11. The van der Waals surface area contributed by atoms with E-state index < -0.39 is 0 Å². The van der Waals surface area contributed by atoms with Crippen molar-refractivity contribution in [3.05, 3.63) is 42.0 Å². The van der Waals surface area contributed by atoms with Gasteiger partial charge in [0.15, 0.2) is 0 Å². The van der Waals surface area contributed by atoms with Crippen molar-refractivity contribution in [2.24, 2.45) is 0 Å². The number of aromatic nitrogens is 5. The highest BCUT2D eigenvalue weighted by molar-refractivity contribution is 7.17. The van der Waals surface area contributed by atoms with Crippen molar-refractivity contribution in [2.75, 3.05) is 5.73 Å². The predicted octanol–water partition coefficient (Wildman–Crippen LogP) is 2.17. The Bertz CT molecular complexity index is 908. The van der Waals surface area contributed by atoms with Crippen LogP contribution in [0.15, 0.2) is 40.6 Å². The van der Waals surface area contributed by atoms with Gasteiger partial charge in [-0.2, -0.15) is 10.1 Å². The largest absolute Gasteiger partial charge is 0.396 e. The number of fused-ring (bicyclic) bond motifs is 1. The molecule has 0 unspecified atom stereocenters. The summed E-state index contributed by atoms with van der Waals surface area (Å²) in [5.41, 5.74) is 8.02. The summed E-state index contributed by atoms with van der Waals surface area (Å²) in [6.07, 6.45) is 5.03. The van der Waals surface area contributed by atoms with E-state index in [9.17, 15) is 0 Å². The molecule has 8 heteroatoms. The first-order valence-corrected chi connectivity index (χ1v) is 7.10. The van der Waals surface area contributed by atoms with Gasteiger partial charge in [-0.25, -0.2) is 0 Å². The second-order valence-electron chi connectivity index (χ2n) is 4.51. The van der Waals surface area contributed by atoms with Crippen LogP contribution in [0.2, 0.25) is 0 Å². The lowest BCUT2D eigenvalue weighted by Crippen LogP contribution is -2.00. The minimum absolute atomic E-state index is 0.388. The molecule has 4 rings (SSSR count). The van der Waals surface area contributed by atoms with E-state index >= 15 is 0 Å². The summed E-state index contributed by atoms with van der Waals surface area (Å²) in [5, 5.41) is 10.1. The van der Waals surface area contributed by atoms with E-state index in [1.165, 1.54) is 0 Å². The highest BCUT2D eigenvalue weighted by atomic mass is 32.1. The van der Waals surface area contributed by atoms with Gasteiger partial charge in [-0.05, 0) is 17.5 Å². The fourth-order valence-corrected chi connectivity index (χ4v) is 2.79. The van der Waals surface area contributed by atoms with Crippen LogP contribution in [0.3, 0.4) is 0 Å². The minimum Gasteiger partial charge on any atom is -0.396 e. The van der Waals surface area contributed by atoms with Crippen LogP contribution in [-0.4, -0.2) is 24.9 Å². The van der Waals surface area contributed by atoms with E-state index in [2.05, 4.69) is 20.2 Å². The number of thiophene rings is 1. The van der Waals surface area contributed by atoms with Crippen LogP contribution in [0, 0.1) is 0 Å². The lowest BCUT2D eigenvalue weighted by Gasteiger charge is -1.94. The van der Waals surface area contributed by atoms with Crippen molar-refractivity contribution in [1.29, 1.82) is 0 Å². The first-order valence-electron chi connectivity index (χ1n) is 6.22. The molecular formula is C13H10N6OS. The van der Waals surface area contributed by atoms with Gasteiger partial charge in [-0.1, -0.05) is 5.16 Å². The third-order valence-electron chi connectivity index (χ3n) is 2.98. The molecule has 0 aliphatic rings. The number of nitrogen functional groups attached to an aromatic ring is 1. The third-order valence-corrected chi connectivity index (χ3v) is 3.83. The van der Waals surface area contributed by atoms with E-state index in [0.29, 0.717) is 23.9 Å². The Morgan fingerprint density at radius 3 is 3.14 bits per heavy atom. The number of hydrogen-bond donors (Lipinski definition) is 1. The SMILES string of the molecule is Nc1cnn(Cc2nc(-c3cnc4ccsc4c3)no2)c1. The van der Waals surface area contributed by atoms with Crippen LogP contribution in [0.5, 0.6) is 0 Å². The van der Waals surface area contributed by atoms with Crippen LogP contribution < -0.4 is 5.73 Å². The molecule has 0 amide bonds. The Hall–Kier alpha value is -2.74. The van der Waals surface area contributed by atoms with Gasteiger partial charge in [0.1, 0.15) is 6.54 Å². The van der Waals surface area contributed by atoms with Gasteiger partial charge in [-0.15, -0.1) is 11.3 Å². The lowest BCUT2D eigenvalue weighted by atomic mass is 10.2.